The Bertz CT molecular complexity index is 362. The second-order valence-electron chi connectivity index (χ2n) is 2.68. The van der Waals surface area contributed by atoms with Gasteiger partial charge in [0, 0.05) is 13.1 Å². The fourth-order valence-corrected chi connectivity index (χ4v) is 1.03. The van der Waals surface area contributed by atoms with Gasteiger partial charge in [0.1, 0.15) is 17.2 Å². The fourth-order valence-electron chi connectivity index (χ4n) is 1.03. The van der Waals surface area contributed by atoms with Gasteiger partial charge < -0.3 is 9.84 Å². The molecule has 0 aromatic heterocycles. The van der Waals surface area contributed by atoms with Crippen molar-refractivity contribution in [2.24, 2.45) is 10.2 Å². The van der Waals surface area contributed by atoms with Crippen LogP contribution in [-0.4, -0.2) is 19.3 Å². The Balaban J connectivity index is 0.000000673. The van der Waals surface area contributed by atoms with Crippen LogP contribution in [0.15, 0.2) is 22.4 Å². The van der Waals surface area contributed by atoms with Crippen LogP contribution in [0, 0.1) is 6.92 Å². The Labute approximate surface area is 113 Å². The standard InChI is InChI=1S/C9H12N2O2.2ClH.Zr/c1-6-4-7(13-3)5-8(9(6)12)11-10-2;;;/h4-5,12H,1-3H3;2*1H;/q;;;+2/p-2. The van der Waals surface area contributed by atoms with Gasteiger partial charge in [-0.05, 0) is 18.6 Å². The summed E-state index contributed by atoms with van der Waals surface area (Å²) in [6, 6.07) is 3.37. The first-order chi connectivity index (χ1) is 7.60. The molecule has 1 aromatic rings. The van der Waals surface area contributed by atoms with Gasteiger partial charge in [-0.2, -0.15) is 10.2 Å². The molecule has 0 amide bonds. The average Bonchev–Trinajstić information content (AvgIpc) is 2.26. The van der Waals surface area contributed by atoms with Crippen LogP contribution >= 0.6 is 17.0 Å². The molecule has 0 heterocycles. The van der Waals surface area contributed by atoms with Crippen molar-refractivity contribution in [2.75, 3.05) is 14.2 Å². The zero-order chi connectivity index (χ0) is 12.6. The molecule has 1 aromatic carbocycles. The first-order valence-electron chi connectivity index (χ1n) is 4.24. The number of hydrogen-bond donors (Lipinski definition) is 1. The average molecular weight is 342 g/mol. The van der Waals surface area contributed by atoms with E-state index in [-0.39, 0.29) is 5.75 Å². The van der Waals surface area contributed by atoms with Crippen molar-refractivity contribution in [1.82, 2.24) is 0 Å². The van der Waals surface area contributed by atoms with E-state index in [0.717, 1.165) is 5.56 Å². The summed E-state index contributed by atoms with van der Waals surface area (Å²) in [5, 5.41) is 16.9. The summed E-state index contributed by atoms with van der Waals surface area (Å²) in [4.78, 5) is 0. The predicted molar refractivity (Wildman–Crippen MR) is 61.5 cm³/mol. The van der Waals surface area contributed by atoms with Crippen LogP contribution in [0.1, 0.15) is 5.56 Å². The molecule has 0 aliphatic carbocycles. The van der Waals surface area contributed by atoms with Crippen LogP contribution in [0.3, 0.4) is 0 Å². The Hall–Kier alpha value is -0.117. The van der Waals surface area contributed by atoms with E-state index in [4.69, 9.17) is 21.8 Å². The quantitative estimate of drug-likeness (QED) is 0.831. The predicted octanol–water partition coefficient (Wildman–Crippen LogP) is 3.80. The summed E-state index contributed by atoms with van der Waals surface area (Å²) in [6.45, 7) is 1.78. The van der Waals surface area contributed by atoms with E-state index in [2.05, 4.69) is 10.2 Å². The molecule has 0 aliphatic rings. The summed E-state index contributed by atoms with van der Waals surface area (Å²) in [7, 11) is 13.0. The molecule has 0 saturated heterocycles. The number of methoxy groups -OCH3 is 1. The molecule has 0 unspecified atom stereocenters. The number of nitrogens with zero attached hydrogens (tertiary/aromatic N) is 2. The zero-order valence-electron chi connectivity index (χ0n) is 9.16. The van der Waals surface area contributed by atoms with Gasteiger partial charge in [0.2, 0.25) is 0 Å². The minimum absolute atomic E-state index is 0.145. The van der Waals surface area contributed by atoms with Crippen molar-refractivity contribution in [3.63, 3.8) is 0 Å². The molecule has 7 heteroatoms. The zero-order valence-corrected chi connectivity index (χ0v) is 13.1. The van der Waals surface area contributed by atoms with Crippen molar-refractivity contribution >= 4 is 22.7 Å². The number of phenolic OH excluding ortho intramolecular Hbond substituents is 1. The third-order valence-electron chi connectivity index (χ3n) is 1.70. The normalized spacial score (nSPS) is 9.56. The Morgan fingerprint density at radius 1 is 1.38 bits per heavy atom. The van der Waals surface area contributed by atoms with Gasteiger partial charge in [0.25, 0.3) is 0 Å². The van der Waals surface area contributed by atoms with Crippen molar-refractivity contribution in [3.05, 3.63) is 17.7 Å². The molecule has 0 radical (unpaired) electrons. The topological polar surface area (TPSA) is 54.2 Å². The number of azo groups is 1. The summed E-state index contributed by atoms with van der Waals surface area (Å²) < 4.78 is 5.02. The summed E-state index contributed by atoms with van der Waals surface area (Å²) in [5.74, 6) is 0.809. The third kappa shape index (κ3) is 5.28. The van der Waals surface area contributed by atoms with Gasteiger partial charge in [-0.1, -0.05) is 0 Å². The van der Waals surface area contributed by atoms with E-state index >= 15 is 0 Å². The molecule has 1 rings (SSSR count). The molecule has 0 fully saturated rings. The van der Waals surface area contributed by atoms with E-state index in [1.807, 2.05) is 0 Å². The number of hydrogen-bond acceptors (Lipinski definition) is 4. The molecule has 0 atom stereocenters. The van der Waals surface area contributed by atoms with Crippen LogP contribution in [-0.2, 0) is 20.8 Å². The number of benzene rings is 1. The summed E-state index contributed by atoms with van der Waals surface area (Å²) >= 11 is -0.826. The number of ether oxygens (including phenoxy) is 1. The Kier molecular flexibility index (Phi) is 8.90. The van der Waals surface area contributed by atoms with Crippen LogP contribution in [0.2, 0.25) is 0 Å². The molecule has 88 valence electrons. The van der Waals surface area contributed by atoms with Crippen molar-refractivity contribution in [1.29, 1.82) is 0 Å². The van der Waals surface area contributed by atoms with Gasteiger partial charge in [0.15, 0.2) is 0 Å². The van der Waals surface area contributed by atoms with Crippen molar-refractivity contribution in [3.8, 4) is 11.5 Å². The SMILES string of the molecule is CN=Nc1cc(OC)cc(C)c1O.[Cl][Zr][Cl]. The molecule has 0 spiro atoms. The van der Waals surface area contributed by atoms with Crippen LogP contribution in [0.4, 0.5) is 5.69 Å². The van der Waals surface area contributed by atoms with E-state index in [1.54, 1.807) is 33.2 Å². The number of aromatic hydroxyl groups is 1. The molecule has 0 aliphatic heterocycles. The molecule has 4 nitrogen and oxygen atoms in total. The second-order valence-corrected chi connectivity index (χ2v) is 6.42. The van der Waals surface area contributed by atoms with Crippen molar-refractivity contribution in [2.45, 2.75) is 6.92 Å². The van der Waals surface area contributed by atoms with Crippen LogP contribution in [0.5, 0.6) is 11.5 Å². The number of aryl methyl sites for hydroxylation is 1. The monoisotopic (exact) mass is 340 g/mol. The minimum atomic E-state index is -0.826. The van der Waals surface area contributed by atoms with Gasteiger partial charge >= 0.3 is 37.9 Å². The first kappa shape index (κ1) is 15.9. The van der Waals surface area contributed by atoms with E-state index in [1.165, 1.54) is 0 Å². The maximum atomic E-state index is 9.54. The van der Waals surface area contributed by atoms with Gasteiger partial charge in [-0.15, -0.1) is 0 Å². The molecular weight excluding hydrogens is 330 g/mol. The second kappa shape index (κ2) is 8.97. The summed E-state index contributed by atoms with van der Waals surface area (Å²) in [6.07, 6.45) is 0. The van der Waals surface area contributed by atoms with E-state index < -0.39 is 20.8 Å². The number of halogens is 2. The molecular formula is C9H12Cl2N2O2Zr. The maximum absolute atomic E-state index is 9.54. The van der Waals surface area contributed by atoms with Crippen LogP contribution in [0.25, 0.3) is 0 Å². The van der Waals surface area contributed by atoms with Gasteiger partial charge in [-0.25, -0.2) is 0 Å². The van der Waals surface area contributed by atoms with Gasteiger partial charge in [0.05, 0.1) is 7.11 Å². The van der Waals surface area contributed by atoms with E-state index in [0.29, 0.717) is 11.4 Å². The molecule has 0 saturated carbocycles. The first-order valence-corrected chi connectivity index (χ1v) is 10.6. The molecule has 1 N–H and O–H groups in total. The molecule has 0 bridgehead atoms. The number of phenols is 1. The Morgan fingerprint density at radius 2 is 1.94 bits per heavy atom. The molecule has 16 heavy (non-hydrogen) atoms. The number of rotatable bonds is 2. The van der Waals surface area contributed by atoms with Crippen molar-refractivity contribution < 1.29 is 30.7 Å². The summed E-state index contributed by atoms with van der Waals surface area (Å²) in [5.41, 5.74) is 1.15. The van der Waals surface area contributed by atoms with Gasteiger partial charge in [-0.3, -0.25) is 0 Å². The third-order valence-corrected chi connectivity index (χ3v) is 1.70. The van der Waals surface area contributed by atoms with E-state index in [9.17, 15) is 5.11 Å². The Morgan fingerprint density at radius 3 is 2.38 bits per heavy atom. The fraction of sp³-hybridized carbons (Fsp3) is 0.333. The van der Waals surface area contributed by atoms with Crippen LogP contribution < -0.4 is 4.74 Å².